The van der Waals surface area contributed by atoms with Gasteiger partial charge in [-0.1, -0.05) is 0 Å². The summed E-state index contributed by atoms with van der Waals surface area (Å²) >= 11 is 0. The molecule has 0 bridgehead atoms. The molecule has 0 radical (unpaired) electrons. The molecule has 0 aliphatic rings. The third-order valence-corrected chi connectivity index (χ3v) is 3.19. The van der Waals surface area contributed by atoms with E-state index in [1.807, 2.05) is 0 Å². The summed E-state index contributed by atoms with van der Waals surface area (Å²) in [6.07, 6.45) is 2.00. The Hall–Kier alpha value is -2.84. The molecule has 9 heteroatoms. The molecule has 3 rings (SSSR count). The van der Waals surface area contributed by atoms with E-state index in [0.29, 0.717) is 5.65 Å². The number of hydrogen-bond acceptors (Lipinski definition) is 4. The van der Waals surface area contributed by atoms with Gasteiger partial charge in [-0.2, -0.15) is 13.2 Å². The zero-order valence-electron chi connectivity index (χ0n) is 12.2. The lowest BCUT2D eigenvalue weighted by molar-refractivity contribution is -0.153. The topological polar surface area (TPSA) is 51.5 Å². The first-order valence-electron chi connectivity index (χ1n) is 6.91. The second kappa shape index (κ2) is 6.34. The number of hydrogen-bond donors (Lipinski definition) is 1. The first-order chi connectivity index (χ1) is 11.4. The van der Waals surface area contributed by atoms with Crippen molar-refractivity contribution in [3.63, 3.8) is 0 Å². The highest BCUT2D eigenvalue weighted by Crippen LogP contribution is 2.28. The van der Waals surface area contributed by atoms with Crippen LogP contribution in [0.25, 0.3) is 5.65 Å². The fourth-order valence-corrected chi connectivity index (χ4v) is 2.13. The Kier molecular flexibility index (Phi) is 4.24. The van der Waals surface area contributed by atoms with Crippen LogP contribution in [0.5, 0.6) is 5.75 Å². The second-order valence-electron chi connectivity index (χ2n) is 4.95. The Balaban J connectivity index is 1.77. The molecule has 2 aromatic heterocycles. The van der Waals surface area contributed by atoms with Crippen LogP contribution in [-0.2, 0) is 6.54 Å². The number of anilines is 1. The van der Waals surface area contributed by atoms with E-state index in [1.165, 1.54) is 6.07 Å². The van der Waals surface area contributed by atoms with Gasteiger partial charge in [-0.15, -0.1) is 0 Å². The molecule has 0 fully saturated rings. The summed E-state index contributed by atoms with van der Waals surface area (Å²) in [5, 5.41) is 2.93. The van der Waals surface area contributed by atoms with Crippen molar-refractivity contribution in [2.45, 2.75) is 12.7 Å². The van der Waals surface area contributed by atoms with E-state index >= 15 is 0 Å². The maximum Gasteiger partial charge on any atom is 0.422 e. The van der Waals surface area contributed by atoms with Gasteiger partial charge in [0.2, 0.25) is 0 Å². The SMILES string of the molecule is Fc1ccc(NCc2cnc3cnccn23)c(OCC(F)(F)F)c1. The van der Waals surface area contributed by atoms with E-state index in [-0.39, 0.29) is 18.0 Å². The lowest BCUT2D eigenvalue weighted by Gasteiger charge is -2.14. The molecule has 1 aromatic carbocycles. The molecule has 0 spiro atoms. The summed E-state index contributed by atoms with van der Waals surface area (Å²) < 4.78 is 56.6. The van der Waals surface area contributed by atoms with E-state index in [0.717, 1.165) is 17.8 Å². The predicted octanol–water partition coefficient (Wildman–Crippen LogP) is 3.42. The van der Waals surface area contributed by atoms with Gasteiger partial charge in [0, 0.05) is 18.5 Å². The maximum atomic E-state index is 13.3. The quantitative estimate of drug-likeness (QED) is 0.723. The number of nitrogens with one attached hydrogen (secondary N) is 1. The van der Waals surface area contributed by atoms with Crippen molar-refractivity contribution in [2.75, 3.05) is 11.9 Å². The van der Waals surface area contributed by atoms with Gasteiger partial charge < -0.3 is 10.1 Å². The van der Waals surface area contributed by atoms with Crippen LogP contribution in [0.4, 0.5) is 23.2 Å². The van der Waals surface area contributed by atoms with E-state index in [1.54, 1.807) is 29.2 Å². The molecule has 0 unspecified atom stereocenters. The van der Waals surface area contributed by atoms with Gasteiger partial charge >= 0.3 is 6.18 Å². The minimum atomic E-state index is -4.50. The zero-order chi connectivity index (χ0) is 17.2. The number of rotatable bonds is 5. The van der Waals surface area contributed by atoms with Gasteiger partial charge in [0.15, 0.2) is 12.3 Å². The summed E-state index contributed by atoms with van der Waals surface area (Å²) in [5.74, 6) is -0.888. The first kappa shape index (κ1) is 16.0. The largest absolute Gasteiger partial charge is 0.482 e. The number of benzene rings is 1. The first-order valence-corrected chi connectivity index (χ1v) is 6.91. The van der Waals surface area contributed by atoms with Crippen molar-refractivity contribution in [1.29, 1.82) is 0 Å². The normalized spacial score (nSPS) is 11.7. The van der Waals surface area contributed by atoms with Gasteiger partial charge in [0.1, 0.15) is 11.6 Å². The second-order valence-corrected chi connectivity index (χ2v) is 4.95. The zero-order valence-corrected chi connectivity index (χ0v) is 12.2. The average Bonchev–Trinajstić information content (AvgIpc) is 2.94. The number of imidazole rings is 1. The molecule has 0 amide bonds. The molecule has 0 aliphatic carbocycles. The van der Waals surface area contributed by atoms with Gasteiger partial charge in [-0.3, -0.25) is 9.38 Å². The fraction of sp³-hybridized carbons (Fsp3) is 0.200. The molecule has 0 aliphatic heterocycles. The van der Waals surface area contributed by atoms with Crippen molar-refractivity contribution in [1.82, 2.24) is 14.4 Å². The minimum absolute atomic E-state index is 0.206. The predicted molar refractivity (Wildman–Crippen MR) is 78.3 cm³/mol. The van der Waals surface area contributed by atoms with Crippen LogP contribution in [0.2, 0.25) is 0 Å². The number of halogens is 4. The fourth-order valence-electron chi connectivity index (χ4n) is 2.13. The highest BCUT2D eigenvalue weighted by atomic mass is 19.4. The van der Waals surface area contributed by atoms with Crippen molar-refractivity contribution in [2.24, 2.45) is 0 Å². The third kappa shape index (κ3) is 3.73. The Morgan fingerprint density at radius 3 is 2.83 bits per heavy atom. The Labute approximate surface area is 133 Å². The molecule has 126 valence electrons. The number of alkyl halides is 3. The summed E-state index contributed by atoms with van der Waals surface area (Å²) in [6.45, 7) is -1.23. The summed E-state index contributed by atoms with van der Waals surface area (Å²) in [5.41, 5.74) is 1.66. The van der Waals surface area contributed by atoms with Crippen LogP contribution in [0, 0.1) is 5.82 Å². The monoisotopic (exact) mass is 340 g/mol. The molecule has 1 N–H and O–H groups in total. The summed E-state index contributed by atoms with van der Waals surface area (Å²) in [6, 6.07) is 3.37. The van der Waals surface area contributed by atoms with Gasteiger partial charge in [0.25, 0.3) is 0 Å². The number of aromatic nitrogens is 3. The molecule has 3 aromatic rings. The molecule has 0 saturated carbocycles. The van der Waals surface area contributed by atoms with Crippen molar-refractivity contribution >= 4 is 11.3 Å². The van der Waals surface area contributed by atoms with E-state index in [2.05, 4.69) is 20.0 Å². The highest BCUT2D eigenvalue weighted by molar-refractivity contribution is 5.56. The van der Waals surface area contributed by atoms with Crippen molar-refractivity contribution in [3.05, 3.63) is 54.5 Å². The average molecular weight is 340 g/mol. The smallest absolute Gasteiger partial charge is 0.422 e. The van der Waals surface area contributed by atoms with Gasteiger partial charge in [-0.25, -0.2) is 9.37 Å². The molecule has 5 nitrogen and oxygen atoms in total. The Bertz CT molecular complexity index is 847. The maximum absolute atomic E-state index is 13.3. The highest BCUT2D eigenvalue weighted by Gasteiger charge is 2.29. The van der Waals surface area contributed by atoms with Crippen LogP contribution in [0.15, 0.2) is 43.0 Å². The summed E-state index contributed by atoms with van der Waals surface area (Å²) in [7, 11) is 0. The molecule has 24 heavy (non-hydrogen) atoms. The lowest BCUT2D eigenvalue weighted by Crippen LogP contribution is -2.19. The van der Waals surface area contributed by atoms with Gasteiger partial charge in [-0.05, 0) is 12.1 Å². The standard InChI is InChI=1S/C15H12F4N4O/c16-10-1-2-12(13(5-10)24-9-15(17,18)19)21-6-11-7-22-14-8-20-3-4-23(11)14/h1-5,7-8,21H,6,9H2. The molecule has 2 heterocycles. The van der Waals surface area contributed by atoms with Crippen molar-refractivity contribution < 1.29 is 22.3 Å². The lowest BCUT2D eigenvalue weighted by atomic mass is 10.2. The van der Waals surface area contributed by atoms with E-state index < -0.39 is 18.6 Å². The number of ether oxygens (including phenoxy) is 1. The molecule has 0 saturated heterocycles. The van der Waals surface area contributed by atoms with E-state index in [9.17, 15) is 17.6 Å². The molecular weight excluding hydrogens is 328 g/mol. The van der Waals surface area contributed by atoms with Gasteiger partial charge in [0.05, 0.1) is 30.3 Å². The van der Waals surface area contributed by atoms with E-state index in [4.69, 9.17) is 0 Å². The molecule has 0 atom stereocenters. The van der Waals surface area contributed by atoms with Crippen LogP contribution < -0.4 is 10.1 Å². The minimum Gasteiger partial charge on any atom is -0.482 e. The van der Waals surface area contributed by atoms with Crippen molar-refractivity contribution in [3.8, 4) is 5.75 Å². The Morgan fingerprint density at radius 1 is 1.21 bits per heavy atom. The van der Waals surface area contributed by atoms with Crippen LogP contribution in [0.3, 0.4) is 0 Å². The Morgan fingerprint density at radius 2 is 2.04 bits per heavy atom. The number of fused-ring (bicyclic) bond motifs is 1. The molecular formula is C15H12F4N4O. The van der Waals surface area contributed by atoms with Crippen LogP contribution >= 0.6 is 0 Å². The van der Waals surface area contributed by atoms with Crippen LogP contribution in [-0.4, -0.2) is 27.2 Å². The van der Waals surface area contributed by atoms with Crippen LogP contribution in [0.1, 0.15) is 5.69 Å². The summed E-state index contributed by atoms with van der Waals surface area (Å²) in [4.78, 5) is 8.10. The third-order valence-electron chi connectivity index (χ3n) is 3.19. The number of nitrogens with zero attached hydrogens (tertiary/aromatic N) is 3.